The predicted octanol–water partition coefficient (Wildman–Crippen LogP) is 4.01. The summed E-state index contributed by atoms with van der Waals surface area (Å²) in [5.74, 6) is 0. The SMILES string of the molecule is CN=C(Sc1c(C=O)cc(C)cc1[N+](=O)[O-])N1CCN(c2ccc(N=O)cc2)CC1. The number of anilines is 1. The molecule has 10 heteroatoms. The molecule has 2 aromatic carbocycles. The summed E-state index contributed by atoms with van der Waals surface area (Å²) in [7, 11) is 1.64. The maximum absolute atomic E-state index is 11.5. The molecule has 1 fully saturated rings. The molecule has 1 aliphatic heterocycles. The van der Waals surface area contributed by atoms with Gasteiger partial charge in [0.05, 0.1) is 4.92 Å². The van der Waals surface area contributed by atoms with E-state index >= 15 is 0 Å². The van der Waals surface area contributed by atoms with Crippen LogP contribution in [0.3, 0.4) is 0 Å². The zero-order valence-electron chi connectivity index (χ0n) is 16.6. The zero-order valence-corrected chi connectivity index (χ0v) is 17.5. The molecule has 0 spiro atoms. The lowest BCUT2D eigenvalue weighted by Crippen LogP contribution is -2.48. The van der Waals surface area contributed by atoms with E-state index in [2.05, 4.69) is 20.0 Å². The van der Waals surface area contributed by atoms with E-state index in [4.69, 9.17) is 0 Å². The average Bonchev–Trinajstić information content (AvgIpc) is 2.77. The molecule has 0 bridgehead atoms. The standard InChI is InChI=1S/C20H21N5O4S/c1-14-11-15(13-26)19(18(12-14)25(28)29)30-20(21-2)24-9-7-23(8-10-24)17-5-3-16(22-27)4-6-17/h3-6,11-13H,7-10H2,1-2H3. The Hall–Kier alpha value is -3.27. The van der Waals surface area contributed by atoms with E-state index in [1.807, 2.05) is 12.1 Å². The van der Waals surface area contributed by atoms with E-state index in [-0.39, 0.29) is 11.3 Å². The highest BCUT2D eigenvalue weighted by Gasteiger charge is 2.25. The Balaban J connectivity index is 1.75. The number of hydrogen-bond acceptors (Lipinski definition) is 8. The first-order valence-electron chi connectivity index (χ1n) is 9.29. The molecule has 30 heavy (non-hydrogen) atoms. The van der Waals surface area contributed by atoms with Gasteiger partial charge in [-0.15, -0.1) is 4.91 Å². The molecule has 0 unspecified atom stereocenters. The molecule has 3 rings (SSSR count). The number of nitro benzene ring substituents is 1. The zero-order chi connectivity index (χ0) is 21.7. The number of thioether (sulfide) groups is 1. The first-order valence-corrected chi connectivity index (χ1v) is 10.1. The second-order valence-corrected chi connectivity index (χ2v) is 7.74. The van der Waals surface area contributed by atoms with Crippen LogP contribution in [0.1, 0.15) is 15.9 Å². The largest absolute Gasteiger partial charge is 0.368 e. The van der Waals surface area contributed by atoms with Crippen molar-refractivity contribution in [2.45, 2.75) is 11.8 Å². The minimum Gasteiger partial charge on any atom is -0.368 e. The van der Waals surface area contributed by atoms with Crippen molar-refractivity contribution in [3.63, 3.8) is 0 Å². The number of aldehydes is 1. The molecule has 0 aromatic heterocycles. The van der Waals surface area contributed by atoms with Crippen LogP contribution >= 0.6 is 11.8 Å². The summed E-state index contributed by atoms with van der Waals surface area (Å²) >= 11 is 1.15. The predicted molar refractivity (Wildman–Crippen MR) is 118 cm³/mol. The summed E-state index contributed by atoms with van der Waals surface area (Å²) in [5.41, 5.74) is 2.25. The third-order valence-corrected chi connectivity index (χ3v) is 6.09. The van der Waals surface area contributed by atoms with E-state index in [0.29, 0.717) is 40.7 Å². The number of piperazine rings is 1. The molecule has 1 saturated heterocycles. The van der Waals surface area contributed by atoms with Gasteiger partial charge < -0.3 is 9.80 Å². The first kappa shape index (κ1) is 21.4. The number of aryl methyl sites for hydroxylation is 1. The summed E-state index contributed by atoms with van der Waals surface area (Å²) in [5, 5.41) is 15.1. The number of aliphatic imine (C=N–C) groups is 1. The van der Waals surface area contributed by atoms with Crippen molar-refractivity contribution in [1.29, 1.82) is 0 Å². The van der Waals surface area contributed by atoms with Gasteiger partial charge in [0.2, 0.25) is 0 Å². The highest BCUT2D eigenvalue weighted by molar-refractivity contribution is 8.14. The van der Waals surface area contributed by atoms with Gasteiger partial charge in [-0.25, -0.2) is 0 Å². The second kappa shape index (κ2) is 9.49. The van der Waals surface area contributed by atoms with Gasteiger partial charge in [-0.05, 0) is 59.8 Å². The van der Waals surface area contributed by atoms with Gasteiger partial charge in [0.15, 0.2) is 11.5 Å². The molecule has 0 radical (unpaired) electrons. The molecule has 0 aliphatic carbocycles. The minimum absolute atomic E-state index is 0.0919. The number of nitrogens with zero attached hydrogens (tertiary/aromatic N) is 5. The van der Waals surface area contributed by atoms with Crippen LogP contribution in [0.15, 0.2) is 51.5 Å². The van der Waals surface area contributed by atoms with Gasteiger partial charge in [-0.3, -0.25) is 19.9 Å². The number of carbonyl (C=O) groups excluding carboxylic acids is 1. The number of hydrogen-bond donors (Lipinski definition) is 0. The lowest BCUT2D eigenvalue weighted by molar-refractivity contribution is -0.387. The molecule has 1 aliphatic rings. The Morgan fingerprint density at radius 1 is 1.17 bits per heavy atom. The van der Waals surface area contributed by atoms with Gasteiger partial charge >= 0.3 is 0 Å². The van der Waals surface area contributed by atoms with E-state index in [1.54, 1.807) is 32.2 Å². The maximum atomic E-state index is 11.5. The van der Waals surface area contributed by atoms with Gasteiger partial charge in [0.25, 0.3) is 5.69 Å². The molecular formula is C20H21N5O4S. The molecule has 156 valence electrons. The fraction of sp³-hybridized carbons (Fsp3) is 0.300. The Morgan fingerprint density at radius 2 is 1.83 bits per heavy atom. The quantitative estimate of drug-likeness (QED) is 0.135. The van der Waals surface area contributed by atoms with Crippen LogP contribution in [-0.4, -0.2) is 54.5 Å². The Kier molecular flexibility index (Phi) is 6.78. The van der Waals surface area contributed by atoms with Crippen molar-refractivity contribution in [3.8, 4) is 0 Å². The lowest BCUT2D eigenvalue weighted by Gasteiger charge is -2.37. The van der Waals surface area contributed by atoms with Crippen LogP contribution in [0, 0.1) is 21.9 Å². The van der Waals surface area contributed by atoms with Gasteiger partial charge in [-0.2, -0.15) is 0 Å². The van der Waals surface area contributed by atoms with Crippen LogP contribution in [0.5, 0.6) is 0 Å². The molecule has 0 N–H and O–H groups in total. The fourth-order valence-corrected chi connectivity index (χ4v) is 4.39. The van der Waals surface area contributed by atoms with Crippen molar-refractivity contribution >= 4 is 40.3 Å². The van der Waals surface area contributed by atoms with Gasteiger partial charge in [0, 0.05) is 50.5 Å². The van der Waals surface area contributed by atoms with E-state index in [0.717, 1.165) is 30.5 Å². The van der Waals surface area contributed by atoms with Crippen LogP contribution in [0.2, 0.25) is 0 Å². The molecule has 9 nitrogen and oxygen atoms in total. The van der Waals surface area contributed by atoms with Gasteiger partial charge in [0.1, 0.15) is 10.6 Å². The second-order valence-electron chi connectivity index (χ2n) is 6.77. The monoisotopic (exact) mass is 427 g/mol. The van der Waals surface area contributed by atoms with Crippen molar-refractivity contribution < 1.29 is 9.72 Å². The number of nitro groups is 1. The first-order chi connectivity index (χ1) is 14.5. The van der Waals surface area contributed by atoms with Gasteiger partial charge in [-0.1, -0.05) is 0 Å². The maximum Gasteiger partial charge on any atom is 0.284 e. The Labute approximate surface area is 177 Å². The smallest absolute Gasteiger partial charge is 0.284 e. The summed E-state index contributed by atoms with van der Waals surface area (Å²) < 4.78 is 0. The third kappa shape index (κ3) is 4.65. The topological polar surface area (TPSA) is 108 Å². The molecule has 0 amide bonds. The minimum atomic E-state index is -0.467. The average molecular weight is 427 g/mol. The highest BCUT2D eigenvalue weighted by Crippen LogP contribution is 2.35. The number of nitroso groups, excluding NO2 is 1. The van der Waals surface area contributed by atoms with E-state index in [1.165, 1.54) is 6.07 Å². The van der Waals surface area contributed by atoms with Crippen LogP contribution in [0.4, 0.5) is 17.1 Å². The molecule has 1 heterocycles. The Bertz CT molecular complexity index is 985. The molecular weight excluding hydrogens is 406 g/mol. The van der Waals surface area contributed by atoms with Crippen LogP contribution in [-0.2, 0) is 0 Å². The number of amidine groups is 1. The number of rotatable bonds is 5. The van der Waals surface area contributed by atoms with E-state index < -0.39 is 4.92 Å². The normalized spacial score (nSPS) is 14.5. The van der Waals surface area contributed by atoms with Crippen molar-refractivity contribution in [3.05, 3.63) is 62.5 Å². The summed E-state index contributed by atoms with van der Waals surface area (Å²) in [6.45, 7) is 4.51. The number of benzene rings is 2. The highest BCUT2D eigenvalue weighted by atomic mass is 32.2. The van der Waals surface area contributed by atoms with Crippen molar-refractivity contribution in [2.75, 3.05) is 38.1 Å². The van der Waals surface area contributed by atoms with Crippen LogP contribution < -0.4 is 4.90 Å². The number of carbonyl (C=O) groups is 1. The lowest BCUT2D eigenvalue weighted by atomic mass is 10.1. The Morgan fingerprint density at radius 3 is 2.37 bits per heavy atom. The third-order valence-electron chi connectivity index (χ3n) is 4.82. The van der Waals surface area contributed by atoms with Crippen LogP contribution in [0.25, 0.3) is 0 Å². The molecule has 0 atom stereocenters. The summed E-state index contributed by atoms with van der Waals surface area (Å²) in [4.78, 5) is 42.0. The van der Waals surface area contributed by atoms with Crippen molar-refractivity contribution in [2.24, 2.45) is 10.2 Å². The molecule has 2 aromatic rings. The fourth-order valence-electron chi connectivity index (χ4n) is 3.34. The molecule has 0 saturated carbocycles. The summed E-state index contributed by atoms with van der Waals surface area (Å²) in [6, 6.07) is 10.2. The van der Waals surface area contributed by atoms with E-state index in [9.17, 15) is 19.8 Å². The summed E-state index contributed by atoms with van der Waals surface area (Å²) in [6.07, 6.45) is 0.644. The van der Waals surface area contributed by atoms with Crippen molar-refractivity contribution in [1.82, 2.24) is 4.90 Å².